The zero-order valence-corrected chi connectivity index (χ0v) is 21.3. The summed E-state index contributed by atoms with van der Waals surface area (Å²) in [7, 11) is 0. The van der Waals surface area contributed by atoms with Crippen LogP contribution in [-0.4, -0.2) is 47.0 Å². The number of nitrogens with zero attached hydrogens (tertiary/aromatic N) is 1. The van der Waals surface area contributed by atoms with Gasteiger partial charge in [-0.25, -0.2) is 0 Å². The number of nitrogens with one attached hydrogen (secondary N) is 4. The largest absolute Gasteiger partial charge is 0.416 e. The first-order valence-electron chi connectivity index (χ1n) is 12.5. The molecular weight excluding hydrogens is 499 g/mol. The molecule has 204 valence electrons. The minimum Gasteiger partial charge on any atom is -0.352 e. The fourth-order valence-corrected chi connectivity index (χ4v) is 4.42. The van der Waals surface area contributed by atoms with Crippen molar-refractivity contribution in [1.29, 1.82) is 5.41 Å². The lowest BCUT2D eigenvalue weighted by Crippen LogP contribution is -2.42. The van der Waals surface area contributed by atoms with Crippen molar-refractivity contribution in [2.75, 3.05) is 6.54 Å². The number of carbonyl (C=O) groups is 3. The molecule has 8 nitrogen and oxygen atoms in total. The van der Waals surface area contributed by atoms with Crippen molar-refractivity contribution in [2.45, 2.75) is 64.2 Å². The van der Waals surface area contributed by atoms with Gasteiger partial charge in [-0.1, -0.05) is 12.1 Å². The van der Waals surface area contributed by atoms with Gasteiger partial charge in [0.1, 0.15) is 5.69 Å². The Balaban J connectivity index is 1.37. The zero-order chi connectivity index (χ0) is 27.9. The van der Waals surface area contributed by atoms with E-state index >= 15 is 0 Å². The van der Waals surface area contributed by atoms with Gasteiger partial charge in [0.2, 0.25) is 5.91 Å². The van der Waals surface area contributed by atoms with Crippen molar-refractivity contribution in [3.63, 3.8) is 0 Å². The molecule has 0 spiro atoms. The predicted molar refractivity (Wildman–Crippen MR) is 136 cm³/mol. The highest BCUT2D eigenvalue weighted by atomic mass is 19.4. The number of halogens is 3. The van der Waals surface area contributed by atoms with Gasteiger partial charge >= 0.3 is 6.18 Å². The molecule has 3 amide bonds. The molecule has 0 radical (unpaired) electrons. The van der Waals surface area contributed by atoms with E-state index in [9.17, 15) is 27.6 Å². The van der Waals surface area contributed by atoms with E-state index in [1.807, 2.05) is 13.0 Å². The van der Waals surface area contributed by atoms with E-state index < -0.39 is 30.1 Å². The summed E-state index contributed by atoms with van der Waals surface area (Å²) in [5, 5.41) is 16.5. The Labute approximate surface area is 219 Å². The Kier molecular flexibility index (Phi) is 9.60. The van der Waals surface area contributed by atoms with E-state index in [2.05, 4.69) is 20.9 Å². The van der Waals surface area contributed by atoms with Gasteiger partial charge in [-0.05, 0) is 75.3 Å². The van der Waals surface area contributed by atoms with Gasteiger partial charge in [0.25, 0.3) is 11.8 Å². The minimum absolute atomic E-state index is 0.0206. The summed E-state index contributed by atoms with van der Waals surface area (Å²) in [5.74, 6) is -1.43. The molecule has 1 aliphatic carbocycles. The Morgan fingerprint density at radius 1 is 1.08 bits per heavy atom. The molecule has 1 aliphatic rings. The van der Waals surface area contributed by atoms with E-state index in [4.69, 9.17) is 5.41 Å². The summed E-state index contributed by atoms with van der Waals surface area (Å²) in [4.78, 5) is 40.9. The van der Waals surface area contributed by atoms with Crippen LogP contribution in [0.4, 0.5) is 13.2 Å². The molecule has 4 N–H and O–H groups in total. The number of carbonyl (C=O) groups excluding carboxylic acids is 3. The van der Waals surface area contributed by atoms with Gasteiger partial charge in [-0.15, -0.1) is 0 Å². The van der Waals surface area contributed by atoms with Crippen LogP contribution in [0.25, 0.3) is 0 Å². The van der Waals surface area contributed by atoms with Gasteiger partial charge in [-0.3, -0.25) is 19.4 Å². The van der Waals surface area contributed by atoms with E-state index in [-0.39, 0.29) is 29.5 Å². The number of pyridine rings is 1. The van der Waals surface area contributed by atoms with Crippen LogP contribution in [0, 0.1) is 18.3 Å². The highest BCUT2D eigenvalue weighted by Crippen LogP contribution is 2.29. The SMILES string of the molecule is Cc1ccc(C(=O)NC2CCC(C(=N)C[C@@H](C)NC(=O)CNC(=O)c3cccc(C(F)(F)F)c3)CC2)nc1. The average molecular weight is 532 g/mol. The highest BCUT2D eigenvalue weighted by molar-refractivity contribution is 5.96. The van der Waals surface area contributed by atoms with Crippen molar-refractivity contribution >= 4 is 23.4 Å². The number of hydrogen-bond donors (Lipinski definition) is 4. The Morgan fingerprint density at radius 2 is 1.79 bits per heavy atom. The van der Waals surface area contributed by atoms with Crippen molar-refractivity contribution in [2.24, 2.45) is 5.92 Å². The lowest BCUT2D eigenvalue weighted by molar-refractivity contribution is -0.137. The van der Waals surface area contributed by atoms with Crippen LogP contribution in [0.2, 0.25) is 0 Å². The predicted octanol–water partition coefficient (Wildman–Crippen LogP) is 4.04. The molecule has 1 aromatic carbocycles. The molecule has 1 heterocycles. The standard InChI is InChI=1S/C27H32F3N5O3/c1-16-6-11-23(32-14-16)26(38)35-21-9-7-18(8-10-21)22(31)12-17(2)34-24(36)15-33-25(37)19-4-3-5-20(13-19)27(28,29)30/h3-6,11,13-14,17-18,21,31H,7-10,12,15H2,1-2H3,(H,33,37)(H,34,36)(H,35,38)/t17-,18?,21?/m1/s1. The fraction of sp³-hybridized carbons (Fsp3) is 0.444. The molecule has 1 fully saturated rings. The molecule has 38 heavy (non-hydrogen) atoms. The number of amides is 3. The Morgan fingerprint density at radius 3 is 2.42 bits per heavy atom. The van der Waals surface area contributed by atoms with Crippen LogP contribution in [-0.2, 0) is 11.0 Å². The average Bonchev–Trinajstić information content (AvgIpc) is 2.87. The smallest absolute Gasteiger partial charge is 0.352 e. The summed E-state index contributed by atoms with van der Waals surface area (Å²) in [5.41, 5.74) is 0.730. The molecule has 0 unspecified atom stereocenters. The first-order chi connectivity index (χ1) is 17.9. The number of hydrogen-bond acceptors (Lipinski definition) is 5. The van der Waals surface area contributed by atoms with Crippen LogP contribution in [0.1, 0.15) is 71.0 Å². The van der Waals surface area contributed by atoms with Crippen LogP contribution in [0.5, 0.6) is 0 Å². The second-order valence-electron chi connectivity index (χ2n) is 9.70. The number of aromatic nitrogens is 1. The van der Waals surface area contributed by atoms with E-state index in [1.54, 1.807) is 19.2 Å². The lowest BCUT2D eigenvalue weighted by Gasteiger charge is -2.30. The van der Waals surface area contributed by atoms with Crippen LogP contribution < -0.4 is 16.0 Å². The fourth-order valence-electron chi connectivity index (χ4n) is 4.42. The van der Waals surface area contributed by atoms with Crippen LogP contribution in [0.3, 0.4) is 0 Å². The molecule has 1 aromatic heterocycles. The minimum atomic E-state index is -4.57. The first kappa shape index (κ1) is 28.8. The molecule has 0 saturated heterocycles. The third-order valence-corrected chi connectivity index (χ3v) is 6.49. The van der Waals surface area contributed by atoms with Gasteiger partial charge in [0, 0.05) is 36.0 Å². The summed E-state index contributed by atoms with van der Waals surface area (Å²) in [6.07, 6.45) is 0.400. The molecule has 1 atom stereocenters. The summed E-state index contributed by atoms with van der Waals surface area (Å²) >= 11 is 0. The van der Waals surface area contributed by atoms with Crippen molar-refractivity contribution in [3.8, 4) is 0 Å². The third-order valence-electron chi connectivity index (χ3n) is 6.49. The van der Waals surface area contributed by atoms with Gasteiger partial charge < -0.3 is 21.4 Å². The molecule has 0 aliphatic heterocycles. The highest BCUT2D eigenvalue weighted by Gasteiger charge is 2.31. The quantitative estimate of drug-likeness (QED) is 0.365. The topological polar surface area (TPSA) is 124 Å². The molecule has 3 rings (SSSR count). The number of rotatable bonds is 9. The lowest BCUT2D eigenvalue weighted by atomic mass is 9.81. The molecule has 11 heteroatoms. The maximum absolute atomic E-state index is 12.8. The molecule has 0 bridgehead atoms. The maximum atomic E-state index is 12.8. The maximum Gasteiger partial charge on any atom is 0.416 e. The Bertz CT molecular complexity index is 1160. The Hall–Kier alpha value is -3.76. The molecular formula is C27H32F3N5O3. The van der Waals surface area contributed by atoms with Crippen LogP contribution in [0.15, 0.2) is 42.6 Å². The summed E-state index contributed by atoms with van der Waals surface area (Å²) < 4.78 is 38.5. The van der Waals surface area contributed by atoms with Crippen LogP contribution >= 0.6 is 0 Å². The van der Waals surface area contributed by atoms with Gasteiger partial charge in [0.05, 0.1) is 12.1 Å². The zero-order valence-electron chi connectivity index (χ0n) is 21.3. The van der Waals surface area contributed by atoms with Crippen molar-refractivity contribution < 1.29 is 27.6 Å². The second-order valence-corrected chi connectivity index (χ2v) is 9.70. The summed E-state index contributed by atoms with van der Waals surface area (Å²) in [6, 6.07) is 7.17. The van der Waals surface area contributed by atoms with E-state index in [0.29, 0.717) is 17.8 Å². The molecule has 2 aromatic rings. The second kappa shape index (κ2) is 12.7. The third kappa shape index (κ3) is 8.39. The molecule has 1 saturated carbocycles. The number of aryl methyl sites for hydroxylation is 1. The summed E-state index contributed by atoms with van der Waals surface area (Å²) in [6.45, 7) is 3.26. The van der Waals surface area contributed by atoms with Crippen molar-refractivity contribution in [1.82, 2.24) is 20.9 Å². The number of benzene rings is 1. The number of alkyl halides is 3. The van der Waals surface area contributed by atoms with E-state index in [0.717, 1.165) is 49.4 Å². The first-order valence-corrected chi connectivity index (χ1v) is 12.5. The van der Waals surface area contributed by atoms with Gasteiger partial charge in [0.15, 0.2) is 0 Å². The van der Waals surface area contributed by atoms with Gasteiger partial charge in [-0.2, -0.15) is 13.2 Å². The van der Waals surface area contributed by atoms with Crippen molar-refractivity contribution in [3.05, 3.63) is 65.0 Å². The monoisotopic (exact) mass is 531 g/mol. The normalized spacial score (nSPS) is 18.2. The van der Waals surface area contributed by atoms with E-state index in [1.165, 1.54) is 6.07 Å².